The summed E-state index contributed by atoms with van der Waals surface area (Å²) in [5.41, 5.74) is -0.257. The Balaban J connectivity index is 1.68. The predicted octanol–water partition coefficient (Wildman–Crippen LogP) is 4.36. The number of carbonyl (C=O) groups is 2. The van der Waals surface area contributed by atoms with Gasteiger partial charge in [-0.15, -0.1) is 0 Å². The van der Waals surface area contributed by atoms with Crippen molar-refractivity contribution in [3.8, 4) is 0 Å². The third-order valence-corrected chi connectivity index (χ3v) is 7.14. The summed E-state index contributed by atoms with van der Waals surface area (Å²) in [4.78, 5) is 30.4. The summed E-state index contributed by atoms with van der Waals surface area (Å²) in [6.45, 7) is 4.00. The van der Waals surface area contributed by atoms with Gasteiger partial charge in [-0.25, -0.2) is 0 Å². The van der Waals surface area contributed by atoms with E-state index in [0.717, 1.165) is 51.6 Å². The highest BCUT2D eigenvalue weighted by Gasteiger charge is 2.54. The lowest BCUT2D eigenvalue weighted by atomic mass is 9.83. The second kappa shape index (κ2) is 7.85. The van der Waals surface area contributed by atoms with Crippen molar-refractivity contribution < 1.29 is 14.3 Å². The zero-order chi connectivity index (χ0) is 19.9. The minimum Gasteiger partial charge on any atom is -0.353 e. The maximum atomic E-state index is 13.6. The normalized spacial score (nSPS) is 30.2. The molecule has 0 N–H and O–H groups in total. The molecule has 2 saturated heterocycles. The number of benzene rings is 1. The van der Waals surface area contributed by atoms with Crippen LogP contribution in [0.25, 0.3) is 0 Å². The van der Waals surface area contributed by atoms with Crippen molar-refractivity contribution >= 4 is 35.0 Å². The third-order valence-electron chi connectivity index (χ3n) is 6.40. The van der Waals surface area contributed by atoms with Crippen LogP contribution >= 0.6 is 23.2 Å². The number of ether oxygens (including phenoxy) is 1. The lowest BCUT2D eigenvalue weighted by Gasteiger charge is -2.43. The number of carbonyl (C=O) groups excluding carboxylic acids is 2. The molecule has 28 heavy (non-hydrogen) atoms. The fraction of sp³-hybridized carbons (Fsp3) is 0.619. The van der Waals surface area contributed by atoms with Gasteiger partial charge in [-0.1, -0.05) is 30.1 Å². The van der Waals surface area contributed by atoms with Crippen LogP contribution in [0.2, 0.25) is 10.0 Å². The molecule has 3 aliphatic rings. The molecule has 2 aliphatic heterocycles. The van der Waals surface area contributed by atoms with Crippen LogP contribution < -0.4 is 0 Å². The molecule has 2 amide bonds. The zero-order valence-electron chi connectivity index (χ0n) is 16.1. The summed E-state index contributed by atoms with van der Waals surface area (Å²) in [5, 5.41) is 0.739. The van der Waals surface area contributed by atoms with Gasteiger partial charge < -0.3 is 9.64 Å². The highest BCUT2D eigenvalue weighted by atomic mass is 35.5. The van der Waals surface area contributed by atoms with E-state index in [1.54, 1.807) is 23.1 Å². The number of hydrogen-bond acceptors (Lipinski definition) is 3. The van der Waals surface area contributed by atoms with E-state index in [-0.39, 0.29) is 18.4 Å². The molecule has 0 aromatic heterocycles. The van der Waals surface area contributed by atoms with Crippen molar-refractivity contribution in [2.24, 2.45) is 5.92 Å². The molecule has 7 heteroatoms. The molecule has 1 aromatic carbocycles. The molecule has 1 unspecified atom stereocenters. The van der Waals surface area contributed by atoms with E-state index in [1.807, 2.05) is 4.90 Å². The molecule has 0 bridgehead atoms. The van der Waals surface area contributed by atoms with Gasteiger partial charge >= 0.3 is 0 Å². The third kappa shape index (κ3) is 3.53. The highest BCUT2D eigenvalue weighted by molar-refractivity contribution is 6.42. The summed E-state index contributed by atoms with van der Waals surface area (Å²) >= 11 is 12.2. The van der Waals surface area contributed by atoms with Crippen LogP contribution in [0.15, 0.2) is 18.2 Å². The van der Waals surface area contributed by atoms with E-state index in [1.165, 1.54) is 0 Å². The Morgan fingerprint density at radius 1 is 1.11 bits per heavy atom. The topological polar surface area (TPSA) is 49.9 Å². The first kappa shape index (κ1) is 20.0. The van der Waals surface area contributed by atoms with E-state index >= 15 is 0 Å². The Morgan fingerprint density at radius 2 is 1.79 bits per heavy atom. The van der Waals surface area contributed by atoms with Gasteiger partial charge in [-0.3, -0.25) is 14.5 Å². The second-order valence-corrected chi connectivity index (χ2v) is 9.11. The standard InChI is InChI=1S/C21H26Cl2N2O3/c1-14-6-8-21(9-7-14)25(19(26)15-4-5-16(22)17(23)12-15)18(13-28-21)20(27)24-10-2-3-11-24/h4-5,12,14,18H,2-3,6-11,13H2,1H3. The van der Waals surface area contributed by atoms with Gasteiger partial charge in [0.25, 0.3) is 5.91 Å². The van der Waals surface area contributed by atoms with E-state index < -0.39 is 11.8 Å². The van der Waals surface area contributed by atoms with E-state index in [9.17, 15) is 9.59 Å². The average molecular weight is 425 g/mol. The molecule has 4 rings (SSSR count). The van der Waals surface area contributed by atoms with Crippen LogP contribution in [0, 0.1) is 5.92 Å². The van der Waals surface area contributed by atoms with Crippen molar-refractivity contribution in [3.05, 3.63) is 33.8 Å². The molecule has 1 spiro atoms. The zero-order valence-corrected chi connectivity index (χ0v) is 17.6. The number of nitrogens with zero attached hydrogens (tertiary/aromatic N) is 2. The quantitative estimate of drug-likeness (QED) is 0.708. The molecule has 1 aliphatic carbocycles. The number of halogens is 2. The highest BCUT2D eigenvalue weighted by Crippen LogP contribution is 2.43. The van der Waals surface area contributed by atoms with E-state index in [4.69, 9.17) is 27.9 Å². The largest absolute Gasteiger partial charge is 0.353 e. The van der Waals surface area contributed by atoms with Crippen LogP contribution in [-0.2, 0) is 9.53 Å². The van der Waals surface area contributed by atoms with Crippen molar-refractivity contribution in [1.82, 2.24) is 9.80 Å². The van der Waals surface area contributed by atoms with E-state index in [0.29, 0.717) is 21.5 Å². The van der Waals surface area contributed by atoms with Crippen molar-refractivity contribution in [1.29, 1.82) is 0 Å². The van der Waals surface area contributed by atoms with Crippen LogP contribution in [-0.4, -0.2) is 53.1 Å². The maximum absolute atomic E-state index is 13.6. The Morgan fingerprint density at radius 3 is 2.43 bits per heavy atom. The molecule has 1 atom stereocenters. The summed E-state index contributed by atoms with van der Waals surface area (Å²) in [6.07, 6.45) is 5.51. The Bertz CT molecular complexity index is 771. The first-order chi connectivity index (χ1) is 13.4. The molecule has 1 saturated carbocycles. The monoisotopic (exact) mass is 424 g/mol. The lowest BCUT2D eigenvalue weighted by molar-refractivity contribution is -0.136. The van der Waals surface area contributed by atoms with Gasteiger partial charge in [-0.05, 0) is 62.6 Å². The van der Waals surface area contributed by atoms with Crippen molar-refractivity contribution in [2.75, 3.05) is 19.7 Å². The molecule has 5 nitrogen and oxygen atoms in total. The van der Waals surface area contributed by atoms with Crippen LogP contribution in [0.4, 0.5) is 0 Å². The van der Waals surface area contributed by atoms with Gasteiger partial charge in [0.05, 0.1) is 16.7 Å². The first-order valence-electron chi connectivity index (χ1n) is 10.1. The molecular weight excluding hydrogens is 399 g/mol. The minimum absolute atomic E-state index is 0.00130. The first-order valence-corrected chi connectivity index (χ1v) is 10.9. The van der Waals surface area contributed by atoms with E-state index in [2.05, 4.69) is 6.92 Å². The maximum Gasteiger partial charge on any atom is 0.256 e. The molecule has 2 heterocycles. The average Bonchev–Trinajstić information content (AvgIpc) is 3.34. The van der Waals surface area contributed by atoms with Gasteiger partial charge in [-0.2, -0.15) is 0 Å². The fourth-order valence-electron chi connectivity index (χ4n) is 4.69. The fourth-order valence-corrected chi connectivity index (χ4v) is 4.98. The Kier molecular flexibility index (Phi) is 5.60. The Hall–Kier alpha value is -1.30. The lowest BCUT2D eigenvalue weighted by Crippen LogP contribution is -2.57. The molecule has 0 radical (unpaired) electrons. The van der Waals surface area contributed by atoms with Gasteiger partial charge in [0.1, 0.15) is 11.8 Å². The molecule has 1 aromatic rings. The van der Waals surface area contributed by atoms with Gasteiger partial charge in [0, 0.05) is 18.7 Å². The summed E-state index contributed by atoms with van der Waals surface area (Å²) in [6, 6.07) is 4.31. The van der Waals surface area contributed by atoms with Crippen LogP contribution in [0.1, 0.15) is 55.8 Å². The second-order valence-electron chi connectivity index (χ2n) is 8.29. The van der Waals surface area contributed by atoms with Gasteiger partial charge in [0.15, 0.2) is 0 Å². The smallest absolute Gasteiger partial charge is 0.256 e. The number of amides is 2. The van der Waals surface area contributed by atoms with Crippen molar-refractivity contribution in [2.45, 2.75) is 57.2 Å². The summed E-state index contributed by atoms with van der Waals surface area (Å²) in [7, 11) is 0. The van der Waals surface area contributed by atoms with Crippen LogP contribution in [0.3, 0.4) is 0 Å². The SMILES string of the molecule is CC1CCC2(CC1)OCC(C(=O)N1CCCC1)N2C(=O)c1ccc(Cl)c(Cl)c1. The number of rotatable bonds is 2. The van der Waals surface area contributed by atoms with Crippen LogP contribution in [0.5, 0.6) is 0 Å². The Labute approximate surface area is 175 Å². The minimum atomic E-state index is -0.699. The molecule has 3 fully saturated rings. The van der Waals surface area contributed by atoms with Crippen molar-refractivity contribution in [3.63, 3.8) is 0 Å². The predicted molar refractivity (Wildman–Crippen MR) is 109 cm³/mol. The number of hydrogen-bond donors (Lipinski definition) is 0. The summed E-state index contributed by atoms with van der Waals surface area (Å²) < 4.78 is 6.23. The molecule has 152 valence electrons. The number of likely N-dealkylation sites (tertiary alicyclic amines) is 1. The summed E-state index contributed by atoms with van der Waals surface area (Å²) in [5.74, 6) is 0.397. The van der Waals surface area contributed by atoms with Gasteiger partial charge in [0.2, 0.25) is 5.91 Å². The molecular formula is C21H26Cl2N2O3.